The third-order valence-electron chi connectivity index (χ3n) is 1.05. The van der Waals surface area contributed by atoms with E-state index in [0.29, 0.717) is 0 Å². The van der Waals surface area contributed by atoms with Gasteiger partial charge in [0, 0.05) is 0 Å². The lowest BCUT2D eigenvalue weighted by molar-refractivity contribution is 0.0593. The molecule has 0 radical (unpaired) electrons. The van der Waals surface area contributed by atoms with Gasteiger partial charge in [-0.15, -0.1) is 5.10 Å². The van der Waals surface area contributed by atoms with Crippen LogP contribution < -0.4 is 4.84 Å². The SMILES string of the molecule is COC(=O)c1cn(OC)nn1. The summed E-state index contributed by atoms with van der Waals surface area (Å²) in [6.07, 6.45) is 1.33. The molecule has 0 N–H and O–H groups in total. The molecule has 0 spiro atoms. The van der Waals surface area contributed by atoms with Gasteiger partial charge < -0.3 is 9.57 Å². The predicted molar refractivity (Wildman–Crippen MR) is 33.9 cm³/mol. The van der Waals surface area contributed by atoms with Crippen molar-refractivity contribution in [2.75, 3.05) is 14.2 Å². The molecule has 11 heavy (non-hydrogen) atoms. The van der Waals surface area contributed by atoms with Gasteiger partial charge in [0.15, 0.2) is 5.69 Å². The molecule has 0 aliphatic rings. The maximum absolute atomic E-state index is 10.7. The lowest BCUT2D eigenvalue weighted by Crippen LogP contribution is -2.05. The van der Waals surface area contributed by atoms with Crippen molar-refractivity contribution in [1.29, 1.82) is 0 Å². The zero-order chi connectivity index (χ0) is 8.27. The summed E-state index contributed by atoms with van der Waals surface area (Å²) in [5.41, 5.74) is 0.120. The number of carbonyl (C=O) groups excluding carboxylic acids is 1. The fourth-order valence-electron chi connectivity index (χ4n) is 0.536. The Labute approximate surface area is 62.7 Å². The third-order valence-corrected chi connectivity index (χ3v) is 1.05. The predicted octanol–water partition coefficient (Wildman–Crippen LogP) is -0.877. The van der Waals surface area contributed by atoms with Gasteiger partial charge in [-0.1, -0.05) is 4.85 Å². The quantitative estimate of drug-likeness (QED) is 0.522. The monoisotopic (exact) mass is 157 g/mol. The lowest BCUT2D eigenvalue weighted by atomic mass is 10.5. The minimum atomic E-state index is -0.534. The van der Waals surface area contributed by atoms with E-state index in [9.17, 15) is 4.79 Å². The van der Waals surface area contributed by atoms with Crippen LogP contribution in [0.25, 0.3) is 0 Å². The first-order valence-electron chi connectivity index (χ1n) is 2.83. The van der Waals surface area contributed by atoms with Crippen molar-refractivity contribution in [3.8, 4) is 0 Å². The van der Waals surface area contributed by atoms with Crippen LogP contribution in [-0.2, 0) is 4.74 Å². The molecule has 0 aliphatic heterocycles. The standard InChI is InChI=1S/C5H7N3O3/c1-10-5(9)4-3-8(11-2)7-6-4/h3H,1-2H3. The van der Waals surface area contributed by atoms with Crippen molar-refractivity contribution >= 4 is 5.97 Å². The van der Waals surface area contributed by atoms with E-state index in [1.807, 2.05) is 0 Å². The molecular formula is C5H7N3O3. The van der Waals surface area contributed by atoms with Crippen molar-refractivity contribution in [2.45, 2.75) is 0 Å². The van der Waals surface area contributed by atoms with Crippen molar-refractivity contribution in [2.24, 2.45) is 0 Å². The minimum Gasteiger partial charge on any atom is -0.464 e. The van der Waals surface area contributed by atoms with Gasteiger partial charge in [0.05, 0.1) is 7.11 Å². The Balaban J connectivity index is 2.80. The first-order valence-corrected chi connectivity index (χ1v) is 2.83. The maximum Gasteiger partial charge on any atom is 0.360 e. The molecule has 0 fully saturated rings. The highest BCUT2D eigenvalue weighted by molar-refractivity contribution is 5.86. The number of aromatic nitrogens is 3. The summed E-state index contributed by atoms with van der Waals surface area (Å²) in [7, 11) is 2.68. The van der Waals surface area contributed by atoms with E-state index in [2.05, 4.69) is 19.9 Å². The van der Waals surface area contributed by atoms with E-state index in [4.69, 9.17) is 0 Å². The van der Waals surface area contributed by atoms with Crippen molar-refractivity contribution in [3.63, 3.8) is 0 Å². The Hall–Kier alpha value is -1.59. The van der Waals surface area contributed by atoms with Crippen LogP contribution in [0.1, 0.15) is 10.5 Å². The molecule has 1 aromatic heterocycles. The van der Waals surface area contributed by atoms with E-state index in [0.717, 1.165) is 4.85 Å². The Bertz CT molecular complexity index is 257. The number of carbonyl (C=O) groups is 1. The minimum absolute atomic E-state index is 0.120. The van der Waals surface area contributed by atoms with Gasteiger partial charge in [-0.25, -0.2) is 4.79 Å². The summed E-state index contributed by atoms with van der Waals surface area (Å²) in [5.74, 6) is -0.534. The third kappa shape index (κ3) is 1.46. The van der Waals surface area contributed by atoms with Crippen LogP contribution >= 0.6 is 0 Å². The zero-order valence-corrected chi connectivity index (χ0v) is 6.14. The Kier molecular flexibility index (Phi) is 2.05. The highest BCUT2D eigenvalue weighted by Crippen LogP contribution is 1.92. The van der Waals surface area contributed by atoms with Crippen LogP contribution in [0, 0.1) is 0 Å². The van der Waals surface area contributed by atoms with E-state index < -0.39 is 5.97 Å². The van der Waals surface area contributed by atoms with Gasteiger partial charge in [-0.2, -0.15) is 0 Å². The molecule has 1 rings (SSSR count). The number of nitrogens with zero attached hydrogens (tertiary/aromatic N) is 3. The normalized spacial score (nSPS) is 9.27. The van der Waals surface area contributed by atoms with Gasteiger partial charge in [-0.05, 0) is 5.21 Å². The van der Waals surface area contributed by atoms with Crippen LogP contribution in [0.3, 0.4) is 0 Å². The molecule has 0 amide bonds. The number of rotatable bonds is 2. The second-order valence-electron chi connectivity index (χ2n) is 1.68. The summed E-state index contributed by atoms with van der Waals surface area (Å²) in [4.78, 5) is 16.4. The summed E-state index contributed by atoms with van der Waals surface area (Å²) < 4.78 is 4.38. The molecule has 1 aromatic rings. The molecule has 0 unspecified atom stereocenters. The second kappa shape index (κ2) is 3.00. The topological polar surface area (TPSA) is 66.2 Å². The number of hydrogen-bond acceptors (Lipinski definition) is 5. The number of hydrogen-bond donors (Lipinski definition) is 0. The number of methoxy groups -OCH3 is 1. The summed E-state index contributed by atoms with van der Waals surface area (Å²) in [5, 5.41) is 6.92. The summed E-state index contributed by atoms with van der Waals surface area (Å²) in [6, 6.07) is 0. The van der Waals surface area contributed by atoms with Crippen LogP contribution in [0.2, 0.25) is 0 Å². The molecule has 0 saturated heterocycles. The molecule has 6 nitrogen and oxygen atoms in total. The maximum atomic E-state index is 10.7. The van der Waals surface area contributed by atoms with Crippen LogP contribution in [0.5, 0.6) is 0 Å². The molecule has 0 aromatic carbocycles. The van der Waals surface area contributed by atoms with Gasteiger partial charge in [0.2, 0.25) is 0 Å². The van der Waals surface area contributed by atoms with Crippen LogP contribution in [-0.4, -0.2) is 35.3 Å². The van der Waals surface area contributed by atoms with E-state index >= 15 is 0 Å². The fourth-order valence-corrected chi connectivity index (χ4v) is 0.536. The van der Waals surface area contributed by atoms with Crippen LogP contribution in [0.4, 0.5) is 0 Å². The zero-order valence-electron chi connectivity index (χ0n) is 6.14. The number of ether oxygens (including phenoxy) is 1. The van der Waals surface area contributed by atoms with E-state index in [-0.39, 0.29) is 5.69 Å². The number of esters is 1. The molecule has 1 heterocycles. The summed E-state index contributed by atoms with van der Waals surface area (Å²) in [6.45, 7) is 0. The average Bonchev–Trinajstić information content (AvgIpc) is 2.50. The molecular weight excluding hydrogens is 150 g/mol. The van der Waals surface area contributed by atoms with Gasteiger partial charge in [0.1, 0.15) is 13.3 Å². The molecule has 60 valence electrons. The fraction of sp³-hybridized carbons (Fsp3) is 0.400. The average molecular weight is 157 g/mol. The second-order valence-corrected chi connectivity index (χ2v) is 1.68. The molecule has 6 heteroatoms. The highest BCUT2D eigenvalue weighted by atomic mass is 16.7. The van der Waals surface area contributed by atoms with Crippen molar-refractivity contribution in [3.05, 3.63) is 11.9 Å². The highest BCUT2D eigenvalue weighted by Gasteiger charge is 2.09. The Morgan fingerprint density at radius 2 is 2.36 bits per heavy atom. The first kappa shape index (κ1) is 7.52. The van der Waals surface area contributed by atoms with Gasteiger partial charge >= 0.3 is 5.97 Å². The molecule has 0 saturated carbocycles. The molecule has 0 aliphatic carbocycles. The largest absolute Gasteiger partial charge is 0.464 e. The van der Waals surface area contributed by atoms with Crippen molar-refractivity contribution in [1.82, 2.24) is 15.2 Å². The molecule has 0 atom stereocenters. The van der Waals surface area contributed by atoms with Crippen LogP contribution in [0.15, 0.2) is 6.20 Å². The lowest BCUT2D eigenvalue weighted by Gasteiger charge is -1.91. The molecule has 0 bridgehead atoms. The van der Waals surface area contributed by atoms with Gasteiger partial charge in [-0.3, -0.25) is 0 Å². The van der Waals surface area contributed by atoms with E-state index in [1.165, 1.54) is 20.4 Å². The Morgan fingerprint density at radius 3 is 2.82 bits per heavy atom. The van der Waals surface area contributed by atoms with Gasteiger partial charge in [0.25, 0.3) is 0 Å². The van der Waals surface area contributed by atoms with Crippen molar-refractivity contribution < 1.29 is 14.4 Å². The smallest absolute Gasteiger partial charge is 0.360 e. The van der Waals surface area contributed by atoms with E-state index in [1.54, 1.807) is 0 Å². The first-order chi connectivity index (χ1) is 5.27. The summed E-state index contributed by atoms with van der Waals surface area (Å²) >= 11 is 0. The Morgan fingerprint density at radius 1 is 1.64 bits per heavy atom.